The monoisotopic (exact) mass is 322 g/mol. The van der Waals surface area contributed by atoms with Gasteiger partial charge in [-0.1, -0.05) is 24.3 Å². The van der Waals surface area contributed by atoms with Crippen LogP contribution in [0.2, 0.25) is 0 Å². The quantitative estimate of drug-likeness (QED) is 0.795. The number of rotatable bonds is 4. The first kappa shape index (κ1) is 13.7. The molecule has 0 spiro atoms. The average Bonchev–Trinajstić information content (AvgIpc) is 2.39. The summed E-state index contributed by atoms with van der Waals surface area (Å²) in [7, 11) is 1.54. The summed E-state index contributed by atoms with van der Waals surface area (Å²) >= 11 is 3.20. The van der Waals surface area contributed by atoms with Crippen molar-refractivity contribution in [2.24, 2.45) is 0 Å². The average molecular weight is 323 g/mol. The van der Waals surface area contributed by atoms with Crippen molar-refractivity contribution in [2.45, 2.75) is 6.42 Å². The van der Waals surface area contributed by atoms with Crippen LogP contribution >= 0.6 is 15.9 Å². The van der Waals surface area contributed by atoms with Crippen molar-refractivity contribution in [3.63, 3.8) is 0 Å². The summed E-state index contributed by atoms with van der Waals surface area (Å²) in [4.78, 5) is 12.2. The van der Waals surface area contributed by atoms with Crippen molar-refractivity contribution in [1.29, 1.82) is 0 Å². The molecule has 0 aliphatic carbocycles. The molecule has 0 heterocycles. The number of hydrogen-bond donors (Lipinski definition) is 0. The van der Waals surface area contributed by atoms with Crippen molar-refractivity contribution in [3.05, 3.63) is 63.9 Å². The van der Waals surface area contributed by atoms with Crippen LogP contribution in [0.1, 0.15) is 15.9 Å². The molecular weight excluding hydrogens is 311 g/mol. The molecule has 0 bridgehead atoms. The van der Waals surface area contributed by atoms with Crippen molar-refractivity contribution in [3.8, 4) is 5.75 Å². The Morgan fingerprint density at radius 1 is 1.21 bits per heavy atom. The van der Waals surface area contributed by atoms with Crippen LogP contribution in [0.15, 0.2) is 46.9 Å². The molecule has 2 rings (SSSR count). The normalized spacial score (nSPS) is 10.3. The number of para-hydroxylation sites is 1. The first-order valence-electron chi connectivity index (χ1n) is 5.72. The molecule has 2 nitrogen and oxygen atoms in total. The number of methoxy groups -OCH3 is 1. The summed E-state index contributed by atoms with van der Waals surface area (Å²) in [6, 6.07) is 11.7. The van der Waals surface area contributed by atoms with Crippen molar-refractivity contribution < 1.29 is 13.9 Å². The molecule has 19 heavy (non-hydrogen) atoms. The lowest BCUT2D eigenvalue weighted by atomic mass is 10.0. The number of carbonyl (C=O) groups is 1. The van der Waals surface area contributed by atoms with E-state index in [4.69, 9.17) is 4.74 Å². The van der Waals surface area contributed by atoms with E-state index in [1.165, 1.54) is 6.07 Å². The Balaban J connectivity index is 2.31. The Labute approximate surface area is 119 Å². The van der Waals surface area contributed by atoms with Gasteiger partial charge in [0.2, 0.25) is 0 Å². The van der Waals surface area contributed by atoms with E-state index >= 15 is 0 Å². The molecule has 0 N–H and O–H groups in total. The van der Waals surface area contributed by atoms with E-state index in [0.29, 0.717) is 10.2 Å². The number of hydrogen-bond acceptors (Lipinski definition) is 2. The highest BCUT2D eigenvalue weighted by molar-refractivity contribution is 9.10. The topological polar surface area (TPSA) is 26.3 Å². The fourth-order valence-electron chi connectivity index (χ4n) is 1.87. The molecule has 0 unspecified atom stereocenters. The van der Waals surface area contributed by atoms with Gasteiger partial charge in [0.25, 0.3) is 0 Å². The van der Waals surface area contributed by atoms with Gasteiger partial charge in [-0.15, -0.1) is 0 Å². The first-order valence-corrected chi connectivity index (χ1v) is 6.52. The Bertz CT molecular complexity index is 591. The van der Waals surface area contributed by atoms with Gasteiger partial charge in [-0.25, -0.2) is 4.39 Å². The lowest BCUT2D eigenvalue weighted by Crippen LogP contribution is -2.08. The SMILES string of the molecule is COc1ccccc1CC(=O)c1c(F)cccc1Br. The third-order valence-corrected chi connectivity index (χ3v) is 3.45. The summed E-state index contributed by atoms with van der Waals surface area (Å²) in [5, 5.41) is 0. The van der Waals surface area contributed by atoms with Crippen LogP contribution in [0.4, 0.5) is 4.39 Å². The maximum Gasteiger partial charge on any atom is 0.171 e. The molecule has 0 radical (unpaired) electrons. The van der Waals surface area contributed by atoms with E-state index in [2.05, 4.69) is 15.9 Å². The molecule has 0 saturated heterocycles. The predicted octanol–water partition coefficient (Wildman–Crippen LogP) is 4.02. The van der Waals surface area contributed by atoms with E-state index in [1.807, 2.05) is 12.1 Å². The van der Waals surface area contributed by atoms with Crippen LogP contribution in [0.3, 0.4) is 0 Å². The molecular formula is C15H12BrFO2. The Kier molecular flexibility index (Phi) is 4.32. The van der Waals surface area contributed by atoms with Crippen molar-refractivity contribution in [1.82, 2.24) is 0 Å². The smallest absolute Gasteiger partial charge is 0.171 e. The third-order valence-electron chi connectivity index (χ3n) is 2.79. The minimum Gasteiger partial charge on any atom is -0.496 e. The van der Waals surface area contributed by atoms with E-state index in [1.54, 1.807) is 31.4 Å². The first-order chi connectivity index (χ1) is 9.13. The summed E-state index contributed by atoms with van der Waals surface area (Å²) in [5.41, 5.74) is 0.818. The molecule has 0 aliphatic heterocycles. The Morgan fingerprint density at radius 3 is 2.63 bits per heavy atom. The molecule has 0 aromatic heterocycles. The van der Waals surface area contributed by atoms with E-state index < -0.39 is 5.82 Å². The minimum atomic E-state index is -0.519. The fraction of sp³-hybridized carbons (Fsp3) is 0.133. The van der Waals surface area contributed by atoms with Gasteiger partial charge in [-0.3, -0.25) is 4.79 Å². The zero-order valence-corrected chi connectivity index (χ0v) is 11.9. The Hall–Kier alpha value is -1.68. The molecule has 0 saturated carbocycles. The number of carbonyl (C=O) groups excluding carboxylic acids is 1. The van der Waals surface area contributed by atoms with E-state index in [9.17, 15) is 9.18 Å². The van der Waals surface area contributed by atoms with Gasteiger partial charge >= 0.3 is 0 Å². The lowest BCUT2D eigenvalue weighted by molar-refractivity contribution is 0.0987. The standard InChI is InChI=1S/C15H12BrFO2/c1-19-14-8-3-2-5-10(14)9-13(18)15-11(16)6-4-7-12(15)17/h2-8H,9H2,1H3. The molecule has 2 aromatic carbocycles. The number of ketones is 1. The highest BCUT2D eigenvalue weighted by Gasteiger charge is 2.17. The second-order valence-corrected chi connectivity index (χ2v) is 4.86. The van der Waals surface area contributed by atoms with Gasteiger partial charge in [0.05, 0.1) is 12.7 Å². The van der Waals surface area contributed by atoms with Crippen molar-refractivity contribution >= 4 is 21.7 Å². The van der Waals surface area contributed by atoms with E-state index in [-0.39, 0.29) is 17.8 Å². The largest absolute Gasteiger partial charge is 0.496 e. The van der Waals surface area contributed by atoms with Crippen LogP contribution < -0.4 is 4.74 Å². The third kappa shape index (κ3) is 3.01. The second kappa shape index (κ2) is 5.97. The highest BCUT2D eigenvalue weighted by Crippen LogP contribution is 2.24. The summed E-state index contributed by atoms with van der Waals surface area (Å²) < 4.78 is 19.4. The number of benzene rings is 2. The maximum atomic E-state index is 13.7. The predicted molar refractivity (Wildman–Crippen MR) is 75.1 cm³/mol. The lowest BCUT2D eigenvalue weighted by Gasteiger charge is -2.09. The van der Waals surface area contributed by atoms with Crippen LogP contribution in [0.5, 0.6) is 5.75 Å². The molecule has 0 aliphatic rings. The summed E-state index contributed by atoms with van der Waals surface area (Å²) in [6.45, 7) is 0. The number of Topliss-reactive ketones (excluding diaryl/α,β-unsaturated/α-hetero) is 1. The zero-order chi connectivity index (χ0) is 13.8. The minimum absolute atomic E-state index is 0.0772. The Morgan fingerprint density at radius 2 is 1.95 bits per heavy atom. The molecule has 0 amide bonds. The second-order valence-electron chi connectivity index (χ2n) is 4.01. The fourth-order valence-corrected chi connectivity index (χ4v) is 2.44. The highest BCUT2D eigenvalue weighted by atomic mass is 79.9. The van der Waals surface area contributed by atoms with Gasteiger partial charge in [0.1, 0.15) is 11.6 Å². The van der Waals surface area contributed by atoms with Gasteiger partial charge in [-0.2, -0.15) is 0 Å². The van der Waals surface area contributed by atoms with Gasteiger partial charge in [-0.05, 0) is 34.1 Å². The van der Waals surface area contributed by atoms with Crippen LogP contribution in [0, 0.1) is 5.82 Å². The molecule has 2 aromatic rings. The molecule has 0 atom stereocenters. The van der Waals surface area contributed by atoms with Crippen molar-refractivity contribution in [2.75, 3.05) is 7.11 Å². The van der Waals surface area contributed by atoms with Crippen LogP contribution in [-0.2, 0) is 6.42 Å². The van der Waals surface area contributed by atoms with Gasteiger partial charge in [0.15, 0.2) is 5.78 Å². The van der Waals surface area contributed by atoms with Crippen LogP contribution in [0.25, 0.3) is 0 Å². The molecule has 0 fully saturated rings. The van der Waals surface area contributed by atoms with Gasteiger partial charge < -0.3 is 4.74 Å². The van der Waals surface area contributed by atoms with Crippen LogP contribution in [-0.4, -0.2) is 12.9 Å². The number of halogens is 2. The van der Waals surface area contributed by atoms with E-state index in [0.717, 1.165) is 5.56 Å². The summed E-state index contributed by atoms with van der Waals surface area (Å²) in [5.74, 6) is -0.174. The maximum absolute atomic E-state index is 13.7. The molecule has 98 valence electrons. The zero-order valence-electron chi connectivity index (χ0n) is 10.3. The summed E-state index contributed by atoms with van der Waals surface area (Å²) in [6.07, 6.45) is 0.101. The molecule has 4 heteroatoms. The number of ether oxygens (including phenoxy) is 1. The van der Waals surface area contributed by atoms with Gasteiger partial charge in [0, 0.05) is 16.5 Å².